The van der Waals surface area contributed by atoms with Gasteiger partial charge in [-0.1, -0.05) is 12.1 Å². The first kappa shape index (κ1) is 13.4. The quantitative estimate of drug-likeness (QED) is 0.689. The number of nitrogens with zero attached hydrogens (tertiary/aromatic N) is 2. The molecule has 106 valence electrons. The summed E-state index contributed by atoms with van der Waals surface area (Å²) in [4.78, 5) is 11.4. The molecule has 0 amide bonds. The van der Waals surface area contributed by atoms with Crippen molar-refractivity contribution < 1.29 is 9.53 Å². The van der Waals surface area contributed by atoms with E-state index in [-0.39, 0.29) is 5.78 Å². The van der Waals surface area contributed by atoms with Crippen LogP contribution in [0.2, 0.25) is 0 Å². The fourth-order valence-electron chi connectivity index (χ4n) is 2.29. The molecule has 3 rings (SSSR count). The van der Waals surface area contributed by atoms with E-state index in [0.29, 0.717) is 12.1 Å². The standard InChI is InChI=1S/C17H16N2O2/c1-12(20)14-5-8-17-15(9-14)11-19(18-17)10-13-3-6-16(21-2)7-4-13/h3-9,11H,10H2,1-2H3. The average molecular weight is 280 g/mol. The molecule has 4 heteroatoms. The van der Waals surface area contributed by atoms with Crippen molar-refractivity contribution in [2.24, 2.45) is 0 Å². The number of benzene rings is 2. The molecule has 0 spiro atoms. The zero-order chi connectivity index (χ0) is 14.8. The van der Waals surface area contributed by atoms with Crippen LogP contribution >= 0.6 is 0 Å². The summed E-state index contributed by atoms with van der Waals surface area (Å²) in [5.41, 5.74) is 2.76. The predicted octanol–water partition coefficient (Wildman–Crippen LogP) is 3.30. The molecule has 0 aliphatic heterocycles. The third-order valence-electron chi connectivity index (χ3n) is 3.46. The van der Waals surface area contributed by atoms with Gasteiger partial charge in [0.25, 0.3) is 0 Å². The number of ketones is 1. The summed E-state index contributed by atoms with van der Waals surface area (Å²) in [6, 6.07) is 13.5. The van der Waals surface area contributed by atoms with Crippen LogP contribution in [-0.2, 0) is 6.54 Å². The van der Waals surface area contributed by atoms with Crippen molar-refractivity contribution >= 4 is 16.7 Å². The number of carbonyl (C=O) groups excluding carboxylic acids is 1. The topological polar surface area (TPSA) is 44.1 Å². The van der Waals surface area contributed by atoms with Crippen LogP contribution in [0, 0.1) is 0 Å². The first-order valence-corrected chi connectivity index (χ1v) is 6.77. The number of hydrogen-bond donors (Lipinski definition) is 0. The lowest BCUT2D eigenvalue weighted by molar-refractivity contribution is 0.101. The lowest BCUT2D eigenvalue weighted by atomic mass is 10.1. The largest absolute Gasteiger partial charge is 0.497 e. The van der Waals surface area contributed by atoms with E-state index in [0.717, 1.165) is 22.2 Å². The van der Waals surface area contributed by atoms with E-state index < -0.39 is 0 Å². The van der Waals surface area contributed by atoms with Crippen LogP contribution in [0.4, 0.5) is 0 Å². The van der Waals surface area contributed by atoms with Gasteiger partial charge in [-0.3, -0.25) is 9.48 Å². The second-order valence-electron chi connectivity index (χ2n) is 5.00. The zero-order valence-corrected chi connectivity index (χ0v) is 12.0. The lowest BCUT2D eigenvalue weighted by Gasteiger charge is -2.03. The van der Waals surface area contributed by atoms with Gasteiger partial charge in [0.05, 0.1) is 19.2 Å². The second-order valence-corrected chi connectivity index (χ2v) is 5.00. The maximum atomic E-state index is 11.4. The van der Waals surface area contributed by atoms with E-state index >= 15 is 0 Å². The zero-order valence-electron chi connectivity index (χ0n) is 12.0. The number of methoxy groups -OCH3 is 1. The molecule has 1 aromatic heterocycles. The summed E-state index contributed by atoms with van der Waals surface area (Å²) in [5.74, 6) is 0.912. The highest BCUT2D eigenvalue weighted by atomic mass is 16.5. The second kappa shape index (κ2) is 5.40. The summed E-state index contributed by atoms with van der Waals surface area (Å²) in [6.45, 7) is 2.26. The van der Waals surface area contributed by atoms with Gasteiger partial charge in [0.15, 0.2) is 5.78 Å². The van der Waals surface area contributed by atoms with Crippen LogP contribution < -0.4 is 4.74 Å². The van der Waals surface area contributed by atoms with E-state index in [9.17, 15) is 4.79 Å². The van der Waals surface area contributed by atoms with E-state index in [1.165, 1.54) is 0 Å². The molecule has 0 aliphatic rings. The van der Waals surface area contributed by atoms with Crippen LogP contribution in [0.15, 0.2) is 48.7 Å². The first-order valence-electron chi connectivity index (χ1n) is 6.77. The molecule has 0 aliphatic carbocycles. The van der Waals surface area contributed by atoms with Crippen molar-refractivity contribution in [3.05, 3.63) is 59.8 Å². The number of rotatable bonds is 4. The molecule has 0 radical (unpaired) electrons. The molecule has 0 fully saturated rings. The first-order chi connectivity index (χ1) is 10.2. The van der Waals surface area contributed by atoms with Crippen LogP contribution in [0.25, 0.3) is 10.9 Å². The molecule has 1 heterocycles. The molecular weight excluding hydrogens is 264 g/mol. The predicted molar refractivity (Wildman–Crippen MR) is 81.8 cm³/mol. The third kappa shape index (κ3) is 2.79. The Morgan fingerprint density at radius 1 is 1.19 bits per heavy atom. The van der Waals surface area contributed by atoms with Crippen LogP contribution in [0.3, 0.4) is 0 Å². The van der Waals surface area contributed by atoms with E-state index in [1.807, 2.05) is 53.3 Å². The molecule has 0 N–H and O–H groups in total. The Morgan fingerprint density at radius 2 is 1.95 bits per heavy atom. The number of ether oxygens (including phenoxy) is 1. The van der Waals surface area contributed by atoms with Crippen LogP contribution in [-0.4, -0.2) is 22.7 Å². The normalized spacial score (nSPS) is 10.8. The van der Waals surface area contributed by atoms with Crippen LogP contribution in [0.1, 0.15) is 22.8 Å². The number of aromatic nitrogens is 2. The molecule has 21 heavy (non-hydrogen) atoms. The summed E-state index contributed by atoms with van der Waals surface area (Å²) in [7, 11) is 1.65. The molecule has 0 bridgehead atoms. The van der Waals surface area contributed by atoms with Crippen molar-refractivity contribution in [3.8, 4) is 5.75 Å². The highest BCUT2D eigenvalue weighted by Crippen LogP contribution is 2.17. The Balaban J connectivity index is 1.88. The van der Waals surface area contributed by atoms with Gasteiger partial charge >= 0.3 is 0 Å². The number of fused-ring (bicyclic) bond motifs is 1. The van der Waals surface area contributed by atoms with Crippen molar-refractivity contribution in [1.82, 2.24) is 9.78 Å². The SMILES string of the molecule is COc1ccc(Cn2cc3cc(C(C)=O)ccc3n2)cc1. The van der Waals surface area contributed by atoms with Gasteiger partial charge in [-0.2, -0.15) is 5.10 Å². The fourth-order valence-corrected chi connectivity index (χ4v) is 2.29. The molecule has 0 atom stereocenters. The van der Waals surface area contributed by atoms with Gasteiger partial charge in [-0.15, -0.1) is 0 Å². The summed E-state index contributed by atoms with van der Waals surface area (Å²) < 4.78 is 7.03. The third-order valence-corrected chi connectivity index (χ3v) is 3.46. The number of Topliss-reactive ketones (excluding diaryl/α,β-unsaturated/α-hetero) is 1. The van der Waals surface area contributed by atoms with E-state index in [1.54, 1.807) is 14.0 Å². The minimum absolute atomic E-state index is 0.0693. The highest BCUT2D eigenvalue weighted by molar-refractivity contribution is 5.97. The van der Waals surface area contributed by atoms with Crippen molar-refractivity contribution in [2.75, 3.05) is 7.11 Å². The molecule has 4 nitrogen and oxygen atoms in total. The Hall–Kier alpha value is -2.62. The minimum atomic E-state index is 0.0693. The monoisotopic (exact) mass is 280 g/mol. The Bertz CT molecular complexity index is 788. The Kier molecular flexibility index (Phi) is 3.44. The van der Waals surface area contributed by atoms with E-state index in [4.69, 9.17) is 4.74 Å². The van der Waals surface area contributed by atoms with Crippen molar-refractivity contribution in [1.29, 1.82) is 0 Å². The summed E-state index contributed by atoms with van der Waals surface area (Å²) in [5, 5.41) is 5.51. The maximum absolute atomic E-state index is 11.4. The van der Waals surface area contributed by atoms with Gasteiger partial charge in [-0.05, 0) is 42.8 Å². The van der Waals surface area contributed by atoms with Gasteiger partial charge in [0.2, 0.25) is 0 Å². The average Bonchev–Trinajstić information content (AvgIpc) is 2.89. The van der Waals surface area contributed by atoms with Gasteiger partial charge in [0, 0.05) is 17.1 Å². The number of hydrogen-bond acceptors (Lipinski definition) is 3. The smallest absolute Gasteiger partial charge is 0.159 e. The van der Waals surface area contributed by atoms with Crippen molar-refractivity contribution in [2.45, 2.75) is 13.5 Å². The highest BCUT2D eigenvalue weighted by Gasteiger charge is 2.05. The lowest BCUT2D eigenvalue weighted by Crippen LogP contribution is -1.99. The Morgan fingerprint density at radius 3 is 2.62 bits per heavy atom. The van der Waals surface area contributed by atoms with Gasteiger partial charge in [-0.25, -0.2) is 0 Å². The minimum Gasteiger partial charge on any atom is -0.497 e. The molecule has 0 saturated heterocycles. The van der Waals surface area contributed by atoms with Crippen molar-refractivity contribution in [3.63, 3.8) is 0 Å². The molecule has 2 aromatic carbocycles. The maximum Gasteiger partial charge on any atom is 0.159 e. The fraction of sp³-hybridized carbons (Fsp3) is 0.176. The molecule has 3 aromatic rings. The van der Waals surface area contributed by atoms with Gasteiger partial charge in [0.1, 0.15) is 5.75 Å². The molecule has 0 saturated carbocycles. The van der Waals surface area contributed by atoms with E-state index in [2.05, 4.69) is 5.10 Å². The Labute approximate surface area is 123 Å². The summed E-state index contributed by atoms with van der Waals surface area (Å²) in [6.07, 6.45) is 1.96. The molecule has 0 unspecified atom stereocenters. The number of carbonyl (C=O) groups is 1. The summed E-state index contributed by atoms with van der Waals surface area (Å²) >= 11 is 0. The molecular formula is C17H16N2O2. The van der Waals surface area contributed by atoms with Crippen LogP contribution in [0.5, 0.6) is 5.75 Å². The van der Waals surface area contributed by atoms with Gasteiger partial charge < -0.3 is 4.74 Å².